The first kappa shape index (κ1) is 22.4. The summed E-state index contributed by atoms with van der Waals surface area (Å²) in [5.41, 5.74) is 2.43. The average Bonchev–Trinajstić information content (AvgIpc) is 3.23. The molecule has 0 spiro atoms. The topological polar surface area (TPSA) is 69.5 Å². The van der Waals surface area contributed by atoms with Crippen molar-refractivity contribution in [3.05, 3.63) is 77.3 Å². The zero-order valence-electron chi connectivity index (χ0n) is 18.8. The number of morpholine rings is 1. The molecule has 0 bridgehead atoms. The number of rotatable bonds is 5. The summed E-state index contributed by atoms with van der Waals surface area (Å²) >= 11 is 0. The van der Waals surface area contributed by atoms with Gasteiger partial charge in [0, 0.05) is 18.0 Å². The normalized spacial score (nSPS) is 18.4. The number of pyridine rings is 1. The molecule has 0 saturated carbocycles. The smallest absolute Gasteiger partial charge is 0.289 e. The highest BCUT2D eigenvalue weighted by Gasteiger charge is 2.34. The Labute approximate surface area is 190 Å². The lowest BCUT2D eigenvalue weighted by molar-refractivity contribution is -0.141. The number of imidazole rings is 1. The number of hydrogen-bond donors (Lipinski definition) is 0. The fourth-order valence-corrected chi connectivity index (χ4v) is 3.86. The van der Waals surface area contributed by atoms with Crippen molar-refractivity contribution >= 4 is 12.0 Å². The monoisotopic (exact) mass is 454 g/mol. The van der Waals surface area contributed by atoms with Crippen LogP contribution in [0.4, 0.5) is 8.78 Å². The van der Waals surface area contributed by atoms with E-state index in [0.29, 0.717) is 11.3 Å². The summed E-state index contributed by atoms with van der Waals surface area (Å²) in [7, 11) is 1.57. The Morgan fingerprint density at radius 2 is 2.06 bits per heavy atom. The van der Waals surface area contributed by atoms with Crippen LogP contribution >= 0.6 is 0 Å². The SMILES string of the molecule is COc1cc(C=C2O[C@@H](C)CN([C@@H](C)c3ccnc(F)c3F)C2=O)ccc1-n1cnc(C)c1. The first-order valence-corrected chi connectivity index (χ1v) is 10.5. The molecule has 1 fully saturated rings. The Morgan fingerprint density at radius 1 is 1.27 bits per heavy atom. The molecule has 0 aliphatic carbocycles. The van der Waals surface area contributed by atoms with Gasteiger partial charge in [0.15, 0.2) is 11.6 Å². The van der Waals surface area contributed by atoms with Crippen molar-refractivity contribution in [2.45, 2.75) is 32.9 Å². The number of amides is 1. The molecule has 0 radical (unpaired) electrons. The molecule has 1 aliphatic rings. The van der Waals surface area contributed by atoms with Gasteiger partial charge in [-0.25, -0.2) is 14.4 Å². The number of ether oxygens (including phenoxy) is 2. The third-order valence-corrected chi connectivity index (χ3v) is 5.54. The van der Waals surface area contributed by atoms with Crippen LogP contribution in [-0.2, 0) is 9.53 Å². The van der Waals surface area contributed by atoms with Crippen molar-refractivity contribution in [2.75, 3.05) is 13.7 Å². The first-order valence-electron chi connectivity index (χ1n) is 10.5. The molecule has 3 heterocycles. The highest BCUT2D eigenvalue weighted by atomic mass is 19.2. The maximum absolute atomic E-state index is 14.3. The van der Waals surface area contributed by atoms with Crippen molar-refractivity contribution in [3.63, 3.8) is 0 Å². The zero-order chi connectivity index (χ0) is 23.7. The fourth-order valence-electron chi connectivity index (χ4n) is 3.86. The van der Waals surface area contributed by atoms with Crippen LogP contribution in [0, 0.1) is 18.7 Å². The van der Waals surface area contributed by atoms with Crippen LogP contribution in [0.3, 0.4) is 0 Å². The molecule has 33 heavy (non-hydrogen) atoms. The quantitative estimate of drug-likeness (QED) is 0.427. The highest BCUT2D eigenvalue weighted by Crippen LogP contribution is 2.31. The van der Waals surface area contributed by atoms with E-state index in [0.717, 1.165) is 11.4 Å². The summed E-state index contributed by atoms with van der Waals surface area (Å²) in [4.78, 5) is 22.2. The molecule has 172 valence electrons. The van der Waals surface area contributed by atoms with Gasteiger partial charge in [-0.05, 0) is 50.6 Å². The van der Waals surface area contributed by atoms with E-state index in [1.165, 1.54) is 17.2 Å². The molecule has 3 aromatic rings. The minimum Gasteiger partial charge on any atom is -0.495 e. The summed E-state index contributed by atoms with van der Waals surface area (Å²) in [6, 6.07) is 6.16. The average molecular weight is 454 g/mol. The lowest BCUT2D eigenvalue weighted by Crippen LogP contribution is -2.45. The Hall–Kier alpha value is -3.75. The molecule has 0 unspecified atom stereocenters. The molecule has 7 nitrogen and oxygen atoms in total. The molecule has 0 N–H and O–H groups in total. The summed E-state index contributed by atoms with van der Waals surface area (Å²) < 4.78 is 41.1. The highest BCUT2D eigenvalue weighted by molar-refractivity contribution is 5.96. The lowest BCUT2D eigenvalue weighted by atomic mass is 10.1. The molecular formula is C24H24F2N4O3. The van der Waals surface area contributed by atoms with E-state index >= 15 is 0 Å². The van der Waals surface area contributed by atoms with Crippen molar-refractivity contribution in [3.8, 4) is 11.4 Å². The van der Waals surface area contributed by atoms with Gasteiger partial charge >= 0.3 is 0 Å². The second kappa shape index (κ2) is 9.01. The second-order valence-electron chi connectivity index (χ2n) is 7.93. The maximum atomic E-state index is 14.3. The Balaban J connectivity index is 1.65. The number of benzene rings is 1. The van der Waals surface area contributed by atoms with Crippen LogP contribution in [-0.4, -0.2) is 45.1 Å². The number of nitrogens with zero attached hydrogens (tertiary/aromatic N) is 4. The van der Waals surface area contributed by atoms with Gasteiger partial charge in [-0.15, -0.1) is 0 Å². The summed E-state index contributed by atoms with van der Waals surface area (Å²) in [5, 5.41) is 0. The minimum atomic E-state index is -1.19. The molecule has 2 atom stereocenters. The van der Waals surface area contributed by atoms with E-state index < -0.39 is 23.7 Å². The third kappa shape index (κ3) is 4.44. The van der Waals surface area contributed by atoms with Gasteiger partial charge in [0.05, 0.1) is 37.4 Å². The number of aryl methyl sites for hydroxylation is 1. The summed E-state index contributed by atoms with van der Waals surface area (Å²) in [5.74, 6) is -1.95. The Kier molecular flexibility index (Phi) is 6.13. The number of halogens is 2. The zero-order valence-corrected chi connectivity index (χ0v) is 18.8. The largest absolute Gasteiger partial charge is 0.495 e. The molecule has 4 rings (SSSR count). The van der Waals surface area contributed by atoms with E-state index in [4.69, 9.17) is 9.47 Å². The molecule has 1 aliphatic heterocycles. The summed E-state index contributed by atoms with van der Waals surface area (Å²) in [6.07, 6.45) is 6.05. The van der Waals surface area contributed by atoms with Crippen molar-refractivity contribution < 1.29 is 23.0 Å². The van der Waals surface area contributed by atoms with Gasteiger partial charge in [0.25, 0.3) is 5.91 Å². The number of carbonyl (C=O) groups excluding carboxylic acids is 1. The van der Waals surface area contributed by atoms with Gasteiger partial charge in [-0.1, -0.05) is 6.07 Å². The van der Waals surface area contributed by atoms with Gasteiger partial charge in [0.1, 0.15) is 11.9 Å². The number of methoxy groups -OCH3 is 1. The molecule has 1 amide bonds. The number of carbonyl (C=O) groups is 1. The van der Waals surface area contributed by atoms with Crippen molar-refractivity contribution in [1.82, 2.24) is 19.4 Å². The van der Waals surface area contributed by atoms with E-state index in [-0.39, 0.29) is 24.0 Å². The van der Waals surface area contributed by atoms with Crippen molar-refractivity contribution in [2.24, 2.45) is 0 Å². The lowest BCUT2D eigenvalue weighted by Gasteiger charge is -2.37. The Bertz CT molecular complexity index is 1220. The van der Waals surface area contributed by atoms with Crippen LogP contribution in [0.1, 0.15) is 36.7 Å². The molecule has 9 heteroatoms. The van der Waals surface area contributed by atoms with Gasteiger partial charge in [-0.2, -0.15) is 4.39 Å². The van der Waals surface area contributed by atoms with Crippen LogP contribution in [0.2, 0.25) is 0 Å². The van der Waals surface area contributed by atoms with E-state index in [2.05, 4.69) is 9.97 Å². The standard InChI is InChI=1S/C24H24F2N4O3/c1-14-11-29(13-28-14)19-6-5-17(9-20(19)32-4)10-21-24(31)30(12-15(2)33-21)16(3)18-7-8-27-23(26)22(18)25/h5-11,13,15-16H,12H2,1-4H3/t15-,16-/m0/s1. The van der Waals surface area contributed by atoms with Crippen LogP contribution in [0.15, 0.2) is 48.7 Å². The predicted octanol–water partition coefficient (Wildman–Crippen LogP) is 4.21. The van der Waals surface area contributed by atoms with Crippen molar-refractivity contribution in [1.29, 1.82) is 0 Å². The molecule has 1 aromatic carbocycles. The van der Waals surface area contributed by atoms with Crippen LogP contribution in [0.25, 0.3) is 11.8 Å². The second-order valence-corrected chi connectivity index (χ2v) is 7.93. The number of hydrogen-bond acceptors (Lipinski definition) is 5. The predicted molar refractivity (Wildman–Crippen MR) is 118 cm³/mol. The summed E-state index contributed by atoms with van der Waals surface area (Å²) in [6.45, 7) is 5.60. The van der Waals surface area contributed by atoms with E-state index in [9.17, 15) is 13.6 Å². The Morgan fingerprint density at radius 3 is 2.76 bits per heavy atom. The molecule has 1 saturated heterocycles. The van der Waals surface area contributed by atoms with Gasteiger partial charge < -0.3 is 18.9 Å². The maximum Gasteiger partial charge on any atom is 0.289 e. The molecular weight excluding hydrogens is 430 g/mol. The third-order valence-electron chi connectivity index (χ3n) is 5.54. The van der Waals surface area contributed by atoms with Crippen LogP contribution in [0.5, 0.6) is 5.75 Å². The minimum absolute atomic E-state index is 0.0611. The van der Waals surface area contributed by atoms with Gasteiger partial charge in [-0.3, -0.25) is 4.79 Å². The fraction of sp³-hybridized carbons (Fsp3) is 0.292. The first-order chi connectivity index (χ1) is 15.8. The number of aromatic nitrogens is 3. The van der Waals surface area contributed by atoms with Crippen LogP contribution < -0.4 is 4.74 Å². The van der Waals surface area contributed by atoms with Gasteiger partial charge in [0.2, 0.25) is 5.95 Å². The molecule has 2 aromatic heterocycles. The van der Waals surface area contributed by atoms with E-state index in [1.54, 1.807) is 32.5 Å². The van der Waals surface area contributed by atoms with E-state index in [1.807, 2.05) is 36.7 Å².